The Bertz CT molecular complexity index is 822. The minimum absolute atomic E-state index is 0.0187. The predicted octanol–water partition coefficient (Wildman–Crippen LogP) is 4.13. The Kier molecular flexibility index (Phi) is 3.77. The van der Waals surface area contributed by atoms with E-state index in [9.17, 15) is 4.79 Å². The summed E-state index contributed by atoms with van der Waals surface area (Å²) in [5, 5.41) is 12.8. The molecule has 0 amide bonds. The number of pyridine rings is 2. The second kappa shape index (κ2) is 5.71. The van der Waals surface area contributed by atoms with Crippen molar-refractivity contribution in [3.8, 4) is 0 Å². The van der Waals surface area contributed by atoms with Crippen LogP contribution in [0.2, 0.25) is 5.02 Å². The van der Waals surface area contributed by atoms with Crippen molar-refractivity contribution in [3.05, 3.63) is 59.4 Å². The molecule has 21 heavy (non-hydrogen) atoms. The van der Waals surface area contributed by atoms with Crippen molar-refractivity contribution in [2.24, 2.45) is 0 Å². The van der Waals surface area contributed by atoms with E-state index in [4.69, 9.17) is 16.7 Å². The van der Waals surface area contributed by atoms with Crippen molar-refractivity contribution in [2.75, 3.05) is 0 Å². The van der Waals surface area contributed by atoms with E-state index in [1.54, 1.807) is 24.4 Å². The SMILES string of the molecule is O=C(O)c1cc2ccccc2c(Sc2ccc(Cl)cn2)n1. The normalized spacial score (nSPS) is 10.7. The van der Waals surface area contributed by atoms with Gasteiger partial charge < -0.3 is 5.11 Å². The lowest BCUT2D eigenvalue weighted by Crippen LogP contribution is -2.01. The standard InChI is InChI=1S/C15H9ClN2O2S/c16-10-5-6-13(17-8-10)21-14-11-4-2-1-3-9(11)7-12(18-14)15(19)20/h1-8H,(H,19,20). The fourth-order valence-electron chi connectivity index (χ4n) is 1.88. The van der Waals surface area contributed by atoms with Crippen LogP contribution in [0.15, 0.2) is 58.7 Å². The predicted molar refractivity (Wildman–Crippen MR) is 82.1 cm³/mol. The van der Waals surface area contributed by atoms with Crippen LogP contribution in [0.5, 0.6) is 0 Å². The Morgan fingerprint density at radius 3 is 2.71 bits per heavy atom. The summed E-state index contributed by atoms with van der Waals surface area (Å²) in [5.74, 6) is -1.05. The molecule has 4 nitrogen and oxygen atoms in total. The van der Waals surface area contributed by atoms with Crippen LogP contribution in [0.4, 0.5) is 0 Å². The molecule has 0 spiro atoms. The van der Waals surface area contributed by atoms with Crippen molar-refractivity contribution in [1.29, 1.82) is 0 Å². The summed E-state index contributed by atoms with van der Waals surface area (Å²) in [7, 11) is 0. The molecule has 0 aliphatic heterocycles. The Morgan fingerprint density at radius 1 is 1.19 bits per heavy atom. The highest BCUT2D eigenvalue weighted by Crippen LogP contribution is 2.31. The minimum atomic E-state index is -1.05. The molecular formula is C15H9ClN2O2S. The van der Waals surface area contributed by atoms with Crippen molar-refractivity contribution in [3.63, 3.8) is 0 Å². The summed E-state index contributed by atoms with van der Waals surface area (Å²) in [5.41, 5.74) is 0.0187. The van der Waals surface area contributed by atoms with E-state index in [-0.39, 0.29) is 5.69 Å². The molecule has 0 radical (unpaired) electrons. The third-order valence-corrected chi connectivity index (χ3v) is 4.00. The van der Waals surface area contributed by atoms with Crippen molar-refractivity contribution >= 4 is 40.1 Å². The van der Waals surface area contributed by atoms with Gasteiger partial charge in [0, 0.05) is 11.6 Å². The molecule has 3 aromatic rings. The lowest BCUT2D eigenvalue weighted by atomic mass is 10.1. The fourth-order valence-corrected chi connectivity index (χ4v) is 2.87. The van der Waals surface area contributed by atoms with Gasteiger partial charge in [0.2, 0.25) is 0 Å². The zero-order valence-electron chi connectivity index (χ0n) is 10.7. The summed E-state index contributed by atoms with van der Waals surface area (Å²) in [6, 6.07) is 12.6. The minimum Gasteiger partial charge on any atom is -0.477 e. The van der Waals surface area contributed by atoms with E-state index in [1.165, 1.54) is 11.8 Å². The van der Waals surface area contributed by atoms with E-state index in [1.807, 2.05) is 24.3 Å². The van der Waals surface area contributed by atoms with Crippen molar-refractivity contribution in [1.82, 2.24) is 9.97 Å². The number of aromatic carboxylic acids is 1. The first-order valence-corrected chi connectivity index (χ1v) is 7.25. The molecule has 0 fully saturated rings. The number of aromatic nitrogens is 2. The molecular weight excluding hydrogens is 308 g/mol. The summed E-state index contributed by atoms with van der Waals surface area (Å²) in [6.45, 7) is 0. The van der Waals surface area contributed by atoms with Gasteiger partial charge in [0.05, 0.1) is 5.02 Å². The monoisotopic (exact) mass is 316 g/mol. The zero-order valence-corrected chi connectivity index (χ0v) is 12.2. The summed E-state index contributed by atoms with van der Waals surface area (Å²) < 4.78 is 0. The highest BCUT2D eigenvalue weighted by Gasteiger charge is 2.12. The van der Waals surface area contributed by atoms with E-state index in [0.29, 0.717) is 15.1 Å². The van der Waals surface area contributed by atoms with Crippen LogP contribution in [-0.2, 0) is 0 Å². The van der Waals surface area contributed by atoms with E-state index in [2.05, 4.69) is 9.97 Å². The van der Waals surface area contributed by atoms with Gasteiger partial charge in [-0.15, -0.1) is 0 Å². The Hall–Kier alpha value is -2.11. The maximum atomic E-state index is 11.2. The van der Waals surface area contributed by atoms with Gasteiger partial charge in [0.25, 0.3) is 0 Å². The number of hydrogen-bond donors (Lipinski definition) is 1. The Labute approximate surface area is 129 Å². The zero-order chi connectivity index (χ0) is 14.8. The topological polar surface area (TPSA) is 63.1 Å². The molecule has 0 saturated carbocycles. The number of nitrogens with zero attached hydrogens (tertiary/aromatic N) is 2. The maximum absolute atomic E-state index is 11.2. The number of halogens is 1. The first-order chi connectivity index (χ1) is 10.1. The largest absolute Gasteiger partial charge is 0.477 e. The van der Waals surface area contributed by atoms with Gasteiger partial charge >= 0.3 is 5.97 Å². The van der Waals surface area contributed by atoms with E-state index < -0.39 is 5.97 Å². The van der Waals surface area contributed by atoms with Crippen LogP contribution in [0.3, 0.4) is 0 Å². The van der Waals surface area contributed by atoms with Gasteiger partial charge in [-0.3, -0.25) is 0 Å². The van der Waals surface area contributed by atoms with Crippen molar-refractivity contribution < 1.29 is 9.90 Å². The number of benzene rings is 1. The van der Waals surface area contributed by atoms with Gasteiger partial charge in [-0.1, -0.05) is 35.9 Å². The molecule has 0 aliphatic carbocycles. The molecule has 6 heteroatoms. The van der Waals surface area contributed by atoms with Crippen LogP contribution in [0.25, 0.3) is 10.8 Å². The van der Waals surface area contributed by atoms with Crippen LogP contribution in [0, 0.1) is 0 Å². The molecule has 0 aliphatic rings. The highest BCUT2D eigenvalue weighted by atomic mass is 35.5. The number of hydrogen-bond acceptors (Lipinski definition) is 4. The van der Waals surface area contributed by atoms with Gasteiger partial charge in [-0.2, -0.15) is 0 Å². The van der Waals surface area contributed by atoms with Crippen molar-refractivity contribution in [2.45, 2.75) is 10.1 Å². The average Bonchev–Trinajstić information content (AvgIpc) is 2.49. The molecule has 2 heterocycles. The smallest absolute Gasteiger partial charge is 0.354 e. The van der Waals surface area contributed by atoms with Crippen LogP contribution < -0.4 is 0 Å². The molecule has 3 rings (SSSR count). The van der Waals surface area contributed by atoms with Crippen LogP contribution in [0.1, 0.15) is 10.5 Å². The fraction of sp³-hybridized carbons (Fsp3) is 0. The molecule has 1 N–H and O–H groups in total. The summed E-state index contributed by atoms with van der Waals surface area (Å²) in [6.07, 6.45) is 1.55. The molecule has 2 aromatic heterocycles. The Balaban J connectivity index is 2.11. The number of fused-ring (bicyclic) bond motifs is 1. The molecule has 0 atom stereocenters. The third-order valence-electron chi connectivity index (χ3n) is 2.83. The Morgan fingerprint density at radius 2 is 2.00 bits per heavy atom. The second-order valence-electron chi connectivity index (χ2n) is 4.26. The molecule has 0 unspecified atom stereocenters. The number of carbonyl (C=O) groups is 1. The number of carboxylic acids is 1. The molecule has 104 valence electrons. The lowest BCUT2D eigenvalue weighted by Gasteiger charge is -2.06. The summed E-state index contributed by atoms with van der Waals surface area (Å²) >= 11 is 7.12. The molecule has 0 saturated heterocycles. The highest BCUT2D eigenvalue weighted by molar-refractivity contribution is 7.99. The molecule has 1 aromatic carbocycles. The second-order valence-corrected chi connectivity index (χ2v) is 5.70. The average molecular weight is 317 g/mol. The van der Waals surface area contributed by atoms with Gasteiger partial charge in [-0.25, -0.2) is 14.8 Å². The van der Waals surface area contributed by atoms with E-state index in [0.717, 1.165) is 10.8 Å². The lowest BCUT2D eigenvalue weighted by molar-refractivity contribution is 0.0690. The molecule has 0 bridgehead atoms. The first kappa shape index (κ1) is 13.9. The van der Waals surface area contributed by atoms with Crippen LogP contribution >= 0.6 is 23.4 Å². The maximum Gasteiger partial charge on any atom is 0.354 e. The summed E-state index contributed by atoms with van der Waals surface area (Å²) in [4.78, 5) is 19.6. The number of rotatable bonds is 3. The van der Waals surface area contributed by atoms with E-state index >= 15 is 0 Å². The van der Waals surface area contributed by atoms with Gasteiger partial charge in [-0.05, 0) is 35.3 Å². The number of carboxylic acid groups (broad SMARTS) is 1. The van der Waals surface area contributed by atoms with Crippen LogP contribution in [-0.4, -0.2) is 21.0 Å². The van der Waals surface area contributed by atoms with Gasteiger partial charge in [0.15, 0.2) is 0 Å². The quantitative estimate of drug-likeness (QED) is 0.787. The third kappa shape index (κ3) is 2.99. The first-order valence-electron chi connectivity index (χ1n) is 6.06. The van der Waals surface area contributed by atoms with Gasteiger partial charge in [0.1, 0.15) is 15.7 Å².